The maximum absolute atomic E-state index is 11.6. The van der Waals surface area contributed by atoms with Gasteiger partial charge in [0.15, 0.2) is 0 Å². The van der Waals surface area contributed by atoms with Gasteiger partial charge < -0.3 is 5.73 Å². The van der Waals surface area contributed by atoms with Gasteiger partial charge in [-0.05, 0) is 24.3 Å². The summed E-state index contributed by atoms with van der Waals surface area (Å²) in [4.78, 5) is 14.7. The molecule has 0 aliphatic heterocycles. The van der Waals surface area contributed by atoms with Crippen LogP contribution in [0.2, 0.25) is 0 Å². The minimum absolute atomic E-state index is 0.0268. The summed E-state index contributed by atoms with van der Waals surface area (Å²) in [5.74, 6) is -0.330. The fourth-order valence-corrected chi connectivity index (χ4v) is 2.19. The Hall–Kier alpha value is -1.60. The van der Waals surface area contributed by atoms with E-state index in [2.05, 4.69) is 4.99 Å². The van der Waals surface area contributed by atoms with Crippen molar-refractivity contribution in [2.75, 3.05) is 5.88 Å². The highest BCUT2D eigenvalue weighted by Crippen LogP contribution is 2.16. The lowest BCUT2D eigenvalue weighted by atomic mass is 10.3. The van der Waals surface area contributed by atoms with Crippen LogP contribution in [-0.4, -0.2) is 26.0 Å². The Labute approximate surface area is 110 Å². The molecule has 0 saturated carbocycles. The second kappa shape index (κ2) is 5.83. The Morgan fingerprint density at radius 1 is 1.39 bits per heavy atom. The van der Waals surface area contributed by atoms with Crippen LogP contribution in [0.15, 0.2) is 34.2 Å². The average molecular weight is 290 g/mol. The Balaban J connectivity index is 3.00. The lowest BCUT2D eigenvalue weighted by molar-refractivity contribution is -0.117. The number of benzene rings is 1. The third-order valence-electron chi connectivity index (χ3n) is 1.83. The van der Waals surface area contributed by atoms with Gasteiger partial charge >= 0.3 is 0 Å². The van der Waals surface area contributed by atoms with Crippen molar-refractivity contribution in [1.29, 1.82) is 0 Å². The van der Waals surface area contributed by atoms with Gasteiger partial charge in [-0.25, -0.2) is 18.1 Å². The molecule has 0 unspecified atom stereocenters. The number of hydrogen-bond donors (Lipinski definition) is 2. The van der Waals surface area contributed by atoms with E-state index in [1.807, 2.05) is 4.72 Å². The van der Waals surface area contributed by atoms with Gasteiger partial charge in [0.1, 0.15) is 5.84 Å². The van der Waals surface area contributed by atoms with Crippen LogP contribution in [0.1, 0.15) is 6.92 Å². The van der Waals surface area contributed by atoms with E-state index in [-0.39, 0.29) is 16.6 Å². The van der Waals surface area contributed by atoms with E-state index < -0.39 is 15.9 Å². The fraction of sp³-hybridized carbons (Fsp3) is 0.200. The zero-order chi connectivity index (χ0) is 13.8. The highest BCUT2D eigenvalue weighted by Gasteiger charge is 2.14. The minimum atomic E-state index is -3.82. The number of sulfonamides is 1. The van der Waals surface area contributed by atoms with Gasteiger partial charge in [0.2, 0.25) is 5.91 Å². The summed E-state index contributed by atoms with van der Waals surface area (Å²) in [5, 5.41) is 0. The van der Waals surface area contributed by atoms with Gasteiger partial charge in [0.05, 0.1) is 16.5 Å². The quantitative estimate of drug-likeness (QED) is 0.485. The molecule has 1 aromatic rings. The van der Waals surface area contributed by atoms with E-state index >= 15 is 0 Å². The molecule has 0 heterocycles. The summed E-state index contributed by atoms with van der Waals surface area (Å²) < 4.78 is 25.1. The lowest BCUT2D eigenvalue weighted by Gasteiger charge is -2.04. The average Bonchev–Trinajstić information content (AvgIpc) is 2.28. The van der Waals surface area contributed by atoms with Gasteiger partial charge in [-0.2, -0.15) is 0 Å². The molecule has 18 heavy (non-hydrogen) atoms. The number of nitrogens with two attached hydrogens (primary N) is 1. The summed E-state index contributed by atoms with van der Waals surface area (Å²) in [6.45, 7) is 1.12. The second-order valence-corrected chi connectivity index (χ2v) is 5.34. The number of nitrogens with zero attached hydrogens (tertiary/aromatic N) is 1. The first-order chi connectivity index (χ1) is 8.35. The number of alkyl halides is 1. The van der Waals surface area contributed by atoms with Gasteiger partial charge in [-0.1, -0.05) is 0 Å². The number of amides is 1. The SMILES string of the molecule is CC(=O)NS(=O)(=O)c1ccc(N=C(N)CCl)cc1. The van der Waals surface area contributed by atoms with E-state index in [9.17, 15) is 13.2 Å². The first-order valence-electron chi connectivity index (χ1n) is 4.87. The second-order valence-electron chi connectivity index (χ2n) is 3.39. The molecule has 1 rings (SSSR count). The smallest absolute Gasteiger partial charge is 0.264 e. The lowest BCUT2D eigenvalue weighted by Crippen LogP contribution is -2.28. The van der Waals surface area contributed by atoms with Crippen molar-refractivity contribution in [2.24, 2.45) is 10.7 Å². The molecule has 6 nitrogen and oxygen atoms in total. The third-order valence-corrected chi connectivity index (χ3v) is 3.56. The molecule has 8 heteroatoms. The molecule has 0 aliphatic carbocycles. The molecular formula is C10H12ClN3O3S. The Bertz CT molecular complexity index is 567. The number of aliphatic imine (C=N–C) groups is 1. The molecule has 0 radical (unpaired) electrons. The van der Waals surface area contributed by atoms with Crippen molar-refractivity contribution < 1.29 is 13.2 Å². The Morgan fingerprint density at radius 3 is 2.39 bits per heavy atom. The van der Waals surface area contributed by atoms with Crippen molar-refractivity contribution in [3.05, 3.63) is 24.3 Å². The Morgan fingerprint density at radius 2 is 1.94 bits per heavy atom. The van der Waals surface area contributed by atoms with Gasteiger partial charge in [-0.15, -0.1) is 11.6 Å². The van der Waals surface area contributed by atoms with Crippen LogP contribution in [0.3, 0.4) is 0 Å². The summed E-state index contributed by atoms with van der Waals surface area (Å²) in [7, 11) is -3.82. The minimum Gasteiger partial charge on any atom is -0.386 e. The molecule has 1 amide bonds. The highest BCUT2D eigenvalue weighted by molar-refractivity contribution is 7.90. The normalized spacial score (nSPS) is 12.2. The first kappa shape index (κ1) is 14.5. The summed E-state index contributed by atoms with van der Waals surface area (Å²) in [6.07, 6.45) is 0. The third kappa shape index (κ3) is 4.01. The zero-order valence-electron chi connectivity index (χ0n) is 9.55. The number of carbonyl (C=O) groups is 1. The molecule has 98 valence electrons. The van der Waals surface area contributed by atoms with Crippen molar-refractivity contribution in [1.82, 2.24) is 4.72 Å². The molecule has 0 saturated heterocycles. The number of hydrogen-bond acceptors (Lipinski definition) is 4. The topological polar surface area (TPSA) is 102 Å². The van der Waals surface area contributed by atoms with Gasteiger partial charge in [0.25, 0.3) is 10.0 Å². The molecule has 1 aromatic carbocycles. The van der Waals surface area contributed by atoms with Crippen molar-refractivity contribution in [2.45, 2.75) is 11.8 Å². The highest BCUT2D eigenvalue weighted by atomic mass is 35.5. The fourth-order valence-electron chi connectivity index (χ4n) is 1.14. The van der Waals surface area contributed by atoms with Crippen LogP contribution in [-0.2, 0) is 14.8 Å². The van der Waals surface area contributed by atoms with Crippen LogP contribution in [0.4, 0.5) is 5.69 Å². The van der Waals surface area contributed by atoms with Crippen molar-refractivity contribution in [3.8, 4) is 0 Å². The van der Waals surface area contributed by atoms with E-state index in [0.717, 1.165) is 6.92 Å². The number of amidine groups is 1. The van der Waals surface area contributed by atoms with Gasteiger partial charge in [0, 0.05) is 6.92 Å². The molecule has 3 N–H and O–H groups in total. The van der Waals surface area contributed by atoms with Crippen LogP contribution in [0.25, 0.3) is 0 Å². The summed E-state index contributed by atoms with van der Waals surface area (Å²) in [5.41, 5.74) is 5.92. The van der Waals surface area contributed by atoms with E-state index in [1.54, 1.807) is 0 Å². The van der Waals surface area contributed by atoms with Crippen LogP contribution < -0.4 is 10.5 Å². The number of rotatable bonds is 4. The molecule has 0 atom stereocenters. The predicted octanol–water partition coefficient (Wildman–Crippen LogP) is 0.739. The Kier molecular flexibility index (Phi) is 4.69. The molecule has 0 bridgehead atoms. The van der Waals surface area contributed by atoms with E-state index in [4.69, 9.17) is 17.3 Å². The monoisotopic (exact) mass is 289 g/mol. The maximum Gasteiger partial charge on any atom is 0.264 e. The largest absolute Gasteiger partial charge is 0.386 e. The molecular weight excluding hydrogens is 278 g/mol. The van der Waals surface area contributed by atoms with Crippen LogP contribution in [0.5, 0.6) is 0 Å². The van der Waals surface area contributed by atoms with E-state index in [1.165, 1.54) is 24.3 Å². The summed E-state index contributed by atoms with van der Waals surface area (Å²) >= 11 is 5.46. The van der Waals surface area contributed by atoms with Crippen molar-refractivity contribution >= 4 is 39.1 Å². The number of nitrogens with one attached hydrogen (secondary N) is 1. The van der Waals surface area contributed by atoms with Crippen LogP contribution >= 0.6 is 11.6 Å². The number of carbonyl (C=O) groups excluding carboxylic acids is 1. The van der Waals surface area contributed by atoms with Gasteiger partial charge in [-0.3, -0.25) is 4.79 Å². The first-order valence-corrected chi connectivity index (χ1v) is 6.89. The number of halogens is 1. The van der Waals surface area contributed by atoms with Crippen LogP contribution in [0, 0.1) is 0 Å². The van der Waals surface area contributed by atoms with Crippen molar-refractivity contribution in [3.63, 3.8) is 0 Å². The summed E-state index contributed by atoms with van der Waals surface area (Å²) in [6, 6.07) is 5.58. The maximum atomic E-state index is 11.6. The standard InChI is InChI=1S/C10H12ClN3O3S/c1-7(15)14-18(16,17)9-4-2-8(3-5-9)13-10(12)6-11/h2-5H,6H2,1H3,(H2,12,13)(H,14,15). The molecule has 0 aliphatic rings. The molecule has 0 aromatic heterocycles. The molecule has 0 spiro atoms. The zero-order valence-corrected chi connectivity index (χ0v) is 11.1. The molecule has 0 fully saturated rings. The van der Waals surface area contributed by atoms with E-state index in [0.29, 0.717) is 5.69 Å². The predicted molar refractivity (Wildman–Crippen MR) is 69.4 cm³/mol.